The first-order chi connectivity index (χ1) is 16.1. The Labute approximate surface area is 190 Å². The fraction of sp³-hybridized carbons (Fsp3) is 0.458. The molecule has 1 unspecified atom stereocenters. The van der Waals surface area contributed by atoms with E-state index in [1.165, 1.54) is 0 Å². The van der Waals surface area contributed by atoms with Crippen molar-refractivity contribution in [2.24, 2.45) is 0 Å². The summed E-state index contributed by atoms with van der Waals surface area (Å²) in [5, 5.41) is 15.0. The number of hydrogen-bond donors (Lipinski definition) is 2. The quantitative estimate of drug-likeness (QED) is 0.587. The van der Waals surface area contributed by atoms with Gasteiger partial charge in [0.2, 0.25) is 0 Å². The number of hydrogen-bond acceptors (Lipinski definition) is 6. The lowest BCUT2D eigenvalue weighted by Gasteiger charge is -2.35. The van der Waals surface area contributed by atoms with Gasteiger partial charge >= 0.3 is 0 Å². The summed E-state index contributed by atoms with van der Waals surface area (Å²) in [6.45, 7) is 2.68. The number of nitrogens with zero attached hydrogens (tertiary/aromatic N) is 4. The summed E-state index contributed by atoms with van der Waals surface area (Å²) in [6.07, 6.45) is 6.15. The summed E-state index contributed by atoms with van der Waals surface area (Å²) in [5.41, 5.74) is 2.03. The Morgan fingerprint density at radius 1 is 1.09 bits per heavy atom. The van der Waals surface area contributed by atoms with Gasteiger partial charge in [-0.2, -0.15) is 10.2 Å². The summed E-state index contributed by atoms with van der Waals surface area (Å²) in [6, 6.07) is 8.90. The molecule has 1 aliphatic heterocycles. The maximum absolute atomic E-state index is 12.9. The summed E-state index contributed by atoms with van der Waals surface area (Å²) in [7, 11) is 0. The smallest absolute Gasteiger partial charge is 0.272 e. The first kappa shape index (κ1) is 21.5. The molecular weight excluding hydrogens is 420 g/mol. The molecule has 2 aromatic heterocycles. The highest BCUT2D eigenvalue weighted by molar-refractivity contribution is 6.04. The Bertz CT molecular complexity index is 1300. The molecule has 2 aliphatic rings. The van der Waals surface area contributed by atoms with Gasteiger partial charge in [-0.25, -0.2) is 9.78 Å². The lowest BCUT2D eigenvalue weighted by atomic mass is 10.0. The number of carbonyl (C=O) groups is 1. The van der Waals surface area contributed by atoms with Gasteiger partial charge in [-0.15, -0.1) is 0 Å². The largest absolute Gasteiger partial charge is 0.349 e. The fourth-order valence-electron chi connectivity index (χ4n) is 4.99. The lowest BCUT2D eigenvalue weighted by molar-refractivity contribution is 0.0905. The van der Waals surface area contributed by atoms with Crippen molar-refractivity contribution in [3.63, 3.8) is 0 Å². The highest BCUT2D eigenvalue weighted by Crippen LogP contribution is 2.19. The number of fused-ring (bicyclic) bond motifs is 2. The van der Waals surface area contributed by atoms with Gasteiger partial charge in [0, 0.05) is 30.6 Å². The molecule has 3 heterocycles. The number of aryl methyl sites for hydroxylation is 2. The molecule has 0 bridgehead atoms. The minimum absolute atomic E-state index is 0.0338. The van der Waals surface area contributed by atoms with Crippen LogP contribution in [0.2, 0.25) is 0 Å². The first-order valence-corrected chi connectivity index (χ1v) is 11.7. The van der Waals surface area contributed by atoms with Crippen LogP contribution in [-0.4, -0.2) is 56.5 Å². The second kappa shape index (κ2) is 9.27. The number of benzene rings is 1. The van der Waals surface area contributed by atoms with E-state index in [4.69, 9.17) is 0 Å². The number of H-pyrrole nitrogens is 1. The average Bonchev–Trinajstić information content (AvgIpc) is 3.29. The Hall–Kier alpha value is -3.33. The van der Waals surface area contributed by atoms with E-state index in [1.54, 1.807) is 35.0 Å². The Morgan fingerprint density at radius 3 is 2.82 bits per heavy atom. The van der Waals surface area contributed by atoms with Crippen molar-refractivity contribution in [1.29, 1.82) is 0 Å². The van der Waals surface area contributed by atoms with Crippen molar-refractivity contribution in [2.75, 3.05) is 19.6 Å². The third-order valence-corrected chi connectivity index (χ3v) is 6.78. The number of amides is 1. The summed E-state index contributed by atoms with van der Waals surface area (Å²) in [5.74, 6) is -0.301. The topological polar surface area (TPSA) is 113 Å². The van der Waals surface area contributed by atoms with E-state index in [0.29, 0.717) is 30.4 Å². The van der Waals surface area contributed by atoms with E-state index in [-0.39, 0.29) is 28.8 Å². The van der Waals surface area contributed by atoms with Crippen molar-refractivity contribution >= 4 is 16.7 Å². The molecule has 1 aromatic carbocycles. The predicted molar refractivity (Wildman–Crippen MR) is 124 cm³/mol. The van der Waals surface area contributed by atoms with E-state index >= 15 is 0 Å². The molecule has 0 radical (unpaired) electrons. The van der Waals surface area contributed by atoms with Crippen LogP contribution < -0.4 is 16.4 Å². The molecule has 9 heteroatoms. The van der Waals surface area contributed by atoms with E-state index in [9.17, 15) is 14.4 Å². The lowest BCUT2D eigenvalue weighted by Crippen LogP contribution is -2.48. The number of nitrogens with one attached hydrogen (secondary N) is 2. The van der Waals surface area contributed by atoms with E-state index in [2.05, 4.69) is 25.5 Å². The van der Waals surface area contributed by atoms with Crippen LogP contribution in [0.3, 0.4) is 0 Å². The maximum atomic E-state index is 12.9. The van der Waals surface area contributed by atoms with Gasteiger partial charge in [0.1, 0.15) is 0 Å². The number of piperidine rings is 1. The molecule has 5 rings (SSSR count). The predicted octanol–water partition coefficient (Wildman–Crippen LogP) is 1.25. The Morgan fingerprint density at radius 2 is 1.94 bits per heavy atom. The van der Waals surface area contributed by atoms with Crippen molar-refractivity contribution in [3.05, 3.63) is 68.0 Å². The first-order valence-electron chi connectivity index (χ1n) is 11.7. The van der Waals surface area contributed by atoms with Gasteiger partial charge in [0.15, 0.2) is 5.69 Å². The zero-order chi connectivity index (χ0) is 22.8. The number of aromatic nitrogens is 4. The van der Waals surface area contributed by atoms with Gasteiger partial charge in [0.25, 0.3) is 17.0 Å². The van der Waals surface area contributed by atoms with Crippen LogP contribution in [0.1, 0.15) is 47.4 Å². The SMILES string of the molecule is O=C(NCC1CCCCN1CCn1nc2c(cc1=O)CCC2)c1n[nH]c(=O)c2ccccc12. The normalized spacial score (nSPS) is 18.4. The van der Waals surface area contributed by atoms with Gasteiger partial charge < -0.3 is 5.32 Å². The van der Waals surface area contributed by atoms with E-state index in [1.807, 2.05) is 0 Å². The van der Waals surface area contributed by atoms with Crippen LogP contribution in [0.25, 0.3) is 10.8 Å². The number of carbonyl (C=O) groups excluding carboxylic acids is 1. The van der Waals surface area contributed by atoms with Crippen molar-refractivity contribution in [2.45, 2.75) is 51.1 Å². The van der Waals surface area contributed by atoms with Crippen LogP contribution in [0.15, 0.2) is 39.9 Å². The highest BCUT2D eigenvalue weighted by atomic mass is 16.2. The molecule has 3 aromatic rings. The van der Waals surface area contributed by atoms with Crippen LogP contribution in [0.4, 0.5) is 0 Å². The number of likely N-dealkylation sites (tertiary alicyclic amines) is 1. The minimum atomic E-state index is -0.309. The summed E-state index contributed by atoms with van der Waals surface area (Å²) in [4.78, 5) is 39.6. The van der Waals surface area contributed by atoms with Gasteiger partial charge in [-0.05, 0) is 50.3 Å². The van der Waals surface area contributed by atoms with E-state index < -0.39 is 0 Å². The molecule has 1 aliphatic carbocycles. The Kier molecular flexibility index (Phi) is 6.04. The molecule has 33 heavy (non-hydrogen) atoms. The second-order valence-corrected chi connectivity index (χ2v) is 8.87. The monoisotopic (exact) mass is 448 g/mol. The minimum Gasteiger partial charge on any atom is -0.349 e. The molecule has 1 amide bonds. The molecule has 0 spiro atoms. The molecular formula is C24H28N6O3. The standard InChI is InChI=1S/C24H28N6O3/c31-21-14-16-6-5-10-20(16)28-30(21)13-12-29-11-4-3-7-17(29)15-25-24(33)22-18-8-1-2-9-19(18)23(32)27-26-22/h1-2,8-9,14,17H,3-7,10-13,15H2,(H,25,33)(H,27,32). The zero-order valence-corrected chi connectivity index (χ0v) is 18.5. The molecule has 1 fully saturated rings. The third-order valence-electron chi connectivity index (χ3n) is 6.78. The molecule has 9 nitrogen and oxygen atoms in total. The third kappa shape index (κ3) is 4.45. The van der Waals surface area contributed by atoms with Gasteiger partial charge in [0.05, 0.1) is 17.6 Å². The van der Waals surface area contributed by atoms with Crippen LogP contribution in [0, 0.1) is 0 Å². The molecule has 1 atom stereocenters. The van der Waals surface area contributed by atoms with Crippen LogP contribution >= 0.6 is 0 Å². The van der Waals surface area contributed by atoms with Gasteiger partial charge in [-0.1, -0.05) is 24.6 Å². The van der Waals surface area contributed by atoms with Gasteiger partial charge in [-0.3, -0.25) is 19.3 Å². The van der Waals surface area contributed by atoms with Crippen molar-refractivity contribution in [1.82, 2.24) is 30.2 Å². The van der Waals surface area contributed by atoms with Crippen molar-refractivity contribution < 1.29 is 4.79 Å². The number of aromatic amines is 1. The second-order valence-electron chi connectivity index (χ2n) is 8.87. The highest BCUT2D eigenvalue weighted by Gasteiger charge is 2.24. The summed E-state index contributed by atoms with van der Waals surface area (Å²) < 4.78 is 1.59. The van der Waals surface area contributed by atoms with Crippen LogP contribution in [-0.2, 0) is 19.4 Å². The zero-order valence-electron chi connectivity index (χ0n) is 18.5. The van der Waals surface area contributed by atoms with Crippen LogP contribution in [0.5, 0.6) is 0 Å². The molecule has 0 saturated carbocycles. The molecule has 2 N–H and O–H groups in total. The Balaban J connectivity index is 1.25. The molecule has 172 valence electrons. The maximum Gasteiger partial charge on any atom is 0.272 e. The fourth-order valence-corrected chi connectivity index (χ4v) is 4.99. The van der Waals surface area contributed by atoms with E-state index in [0.717, 1.165) is 56.3 Å². The summed E-state index contributed by atoms with van der Waals surface area (Å²) >= 11 is 0. The molecule has 1 saturated heterocycles. The van der Waals surface area contributed by atoms with Crippen molar-refractivity contribution in [3.8, 4) is 0 Å². The number of rotatable bonds is 6. The average molecular weight is 449 g/mol.